The fourth-order valence-corrected chi connectivity index (χ4v) is 3.91. The van der Waals surface area contributed by atoms with Crippen LogP contribution in [0.25, 0.3) is 17.2 Å². The van der Waals surface area contributed by atoms with Crippen LogP contribution in [0, 0.1) is 0 Å². The van der Waals surface area contributed by atoms with Crippen molar-refractivity contribution in [3.63, 3.8) is 0 Å². The maximum absolute atomic E-state index is 12.1. The Morgan fingerprint density at radius 2 is 1.65 bits per heavy atom. The topological polar surface area (TPSA) is 124 Å². The Bertz CT molecular complexity index is 999. The molecule has 2 aromatic carbocycles. The van der Waals surface area contributed by atoms with Gasteiger partial charge in [-0.05, 0) is 48.4 Å². The molecular formula is C23H29NO6S. The molecule has 2 unspecified atom stereocenters. The standard InChI is InChI=1S/C23H29NO6S/c1-23(22(27)24-28,31(2,29)30)15-14-18-8-12-20(13-9-18)19-10-6-17(7-11-19)4-3-5-21(26)16-25/h3-4,6-13,21,25-26,28H,5,14-16H2,1-2H3,(H,24,27). The van der Waals surface area contributed by atoms with E-state index in [1.54, 1.807) is 0 Å². The summed E-state index contributed by atoms with van der Waals surface area (Å²) in [6, 6.07) is 15.5. The van der Waals surface area contributed by atoms with Crippen molar-refractivity contribution in [2.24, 2.45) is 0 Å². The van der Waals surface area contributed by atoms with E-state index in [0.717, 1.165) is 28.5 Å². The predicted octanol–water partition coefficient (Wildman–Crippen LogP) is 2.35. The Hall–Kier alpha value is -2.52. The maximum Gasteiger partial charge on any atom is 0.264 e. The van der Waals surface area contributed by atoms with Crippen LogP contribution >= 0.6 is 0 Å². The summed E-state index contributed by atoms with van der Waals surface area (Å²) in [5.41, 5.74) is 5.33. The molecule has 168 valence electrons. The fourth-order valence-electron chi connectivity index (χ4n) is 3.05. The first-order valence-corrected chi connectivity index (χ1v) is 11.8. The molecule has 0 aliphatic rings. The fraction of sp³-hybridized carbons (Fsp3) is 0.348. The molecule has 0 aromatic heterocycles. The van der Waals surface area contributed by atoms with Crippen molar-refractivity contribution in [2.45, 2.75) is 37.0 Å². The summed E-state index contributed by atoms with van der Waals surface area (Å²) in [4.78, 5) is 11.9. The Balaban J connectivity index is 2.06. The van der Waals surface area contributed by atoms with Crippen LogP contribution in [0.4, 0.5) is 0 Å². The summed E-state index contributed by atoms with van der Waals surface area (Å²) in [7, 11) is -3.72. The number of sulfone groups is 1. The van der Waals surface area contributed by atoms with Crippen LogP contribution in [0.15, 0.2) is 54.6 Å². The van der Waals surface area contributed by atoms with Crippen LogP contribution in [0.3, 0.4) is 0 Å². The van der Waals surface area contributed by atoms with Crippen LogP contribution in [-0.2, 0) is 21.1 Å². The van der Waals surface area contributed by atoms with Gasteiger partial charge in [0.1, 0.15) is 4.75 Å². The third-order valence-electron chi connectivity index (χ3n) is 5.42. The van der Waals surface area contributed by atoms with E-state index < -0.39 is 26.6 Å². The normalized spacial score (nSPS) is 14.9. The van der Waals surface area contributed by atoms with Crippen molar-refractivity contribution in [3.8, 4) is 11.1 Å². The lowest BCUT2D eigenvalue weighted by molar-refractivity contribution is -0.131. The zero-order chi connectivity index (χ0) is 23.1. The van der Waals surface area contributed by atoms with Crippen molar-refractivity contribution in [2.75, 3.05) is 12.9 Å². The summed E-state index contributed by atoms with van der Waals surface area (Å²) in [6.45, 7) is 1.05. The zero-order valence-corrected chi connectivity index (χ0v) is 18.5. The van der Waals surface area contributed by atoms with Gasteiger partial charge in [0, 0.05) is 6.26 Å². The number of hydrogen-bond donors (Lipinski definition) is 4. The molecule has 2 rings (SSSR count). The highest BCUT2D eigenvalue weighted by Crippen LogP contribution is 2.25. The summed E-state index contributed by atoms with van der Waals surface area (Å²) in [5, 5.41) is 27.1. The second kappa shape index (κ2) is 10.7. The SMILES string of the molecule is CC(CCc1ccc(-c2ccc(C=CCC(O)CO)cc2)cc1)(C(=O)NO)S(C)(=O)=O. The van der Waals surface area contributed by atoms with Gasteiger partial charge in [-0.3, -0.25) is 10.0 Å². The number of aliphatic hydroxyl groups is 2. The number of amides is 1. The third-order valence-corrected chi connectivity index (χ3v) is 7.44. The number of hydrogen-bond acceptors (Lipinski definition) is 6. The molecule has 2 atom stereocenters. The number of rotatable bonds is 10. The van der Waals surface area contributed by atoms with Crippen molar-refractivity contribution in [1.29, 1.82) is 0 Å². The van der Waals surface area contributed by atoms with Gasteiger partial charge < -0.3 is 10.2 Å². The van der Waals surface area contributed by atoms with Crippen molar-refractivity contribution < 1.29 is 28.6 Å². The molecule has 0 radical (unpaired) electrons. The molecular weight excluding hydrogens is 418 g/mol. The van der Waals surface area contributed by atoms with E-state index in [9.17, 15) is 18.3 Å². The highest BCUT2D eigenvalue weighted by atomic mass is 32.2. The largest absolute Gasteiger partial charge is 0.394 e. The molecule has 1 amide bonds. The lowest BCUT2D eigenvalue weighted by Crippen LogP contribution is -2.49. The van der Waals surface area contributed by atoms with E-state index in [1.807, 2.05) is 60.7 Å². The van der Waals surface area contributed by atoms with Gasteiger partial charge in [0.2, 0.25) is 0 Å². The Morgan fingerprint density at radius 1 is 1.10 bits per heavy atom. The first-order chi connectivity index (χ1) is 14.6. The molecule has 0 aliphatic carbocycles. The Morgan fingerprint density at radius 3 is 2.13 bits per heavy atom. The van der Waals surface area contributed by atoms with Gasteiger partial charge in [-0.25, -0.2) is 13.9 Å². The number of carbonyl (C=O) groups is 1. The smallest absolute Gasteiger partial charge is 0.264 e. The van der Waals surface area contributed by atoms with Gasteiger partial charge in [-0.15, -0.1) is 0 Å². The lowest BCUT2D eigenvalue weighted by Gasteiger charge is -2.25. The maximum atomic E-state index is 12.1. The second-order valence-corrected chi connectivity index (χ2v) is 10.2. The summed E-state index contributed by atoms with van der Waals surface area (Å²) >= 11 is 0. The molecule has 0 spiro atoms. The molecule has 8 heteroatoms. The minimum absolute atomic E-state index is 0.0452. The van der Waals surface area contributed by atoms with Gasteiger partial charge in [0.25, 0.3) is 5.91 Å². The second-order valence-electron chi connectivity index (χ2n) is 7.74. The number of nitrogens with one attached hydrogen (secondary N) is 1. The van der Waals surface area contributed by atoms with Gasteiger partial charge >= 0.3 is 0 Å². The van der Waals surface area contributed by atoms with Crippen LogP contribution in [0.2, 0.25) is 0 Å². The van der Waals surface area contributed by atoms with Crippen LogP contribution in [0.1, 0.15) is 30.9 Å². The van der Waals surface area contributed by atoms with E-state index in [1.165, 1.54) is 12.4 Å². The molecule has 0 saturated heterocycles. The first kappa shape index (κ1) is 24.7. The first-order valence-electron chi connectivity index (χ1n) is 9.89. The molecule has 7 nitrogen and oxygen atoms in total. The Kier molecular flexibility index (Phi) is 8.52. The summed E-state index contributed by atoms with van der Waals surface area (Å²) in [6.07, 6.45) is 4.72. The molecule has 31 heavy (non-hydrogen) atoms. The number of carbonyl (C=O) groups excluding carboxylic acids is 1. The molecule has 4 N–H and O–H groups in total. The monoisotopic (exact) mass is 447 g/mol. The summed E-state index contributed by atoms with van der Waals surface area (Å²) < 4.78 is 22.4. The van der Waals surface area contributed by atoms with Crippen LogP contribution < -0.4 is 5.48 Å². The molecule has 0 aliphatic heterocycles. The number of aryl methyl sites for hydroxylation is 1. The van der Waals surface area contributed by atoms with E-state index >= 15 is 0 Å². The number of hydroxylamine groups is 1. The van der Waals surface area contributed by atoms with Gasteiger partial charge in [-0.1, -0.05) is 60.7 Å². The van der Waals surface area contributed by atoms with Gasteiger partial charge in [0.15, 0.2) is 9.84 Å². The number of benzene rings is 2. The van der Waals surface area contributed by atoms with E-state index in [4.69, 9.17) is 10.3 Å². The van der Waals surface area contributed by atoms with Crippen molar-refractivity contribution >= 4 is 21.8 Å². The quantitative estimate of drug-likeness (QED) is 0.327. The average molecular weight is 448 g/mol. The lowest BCUT2D eigenvalue weighted by atomic mass is 9.97. The molecule has 0 heterocycles. The molecule has 0 fully saturated rings. The molecule has 0 bridgehead atoms. The van der Waals surface area contributed by atoms with Crippen molar-refractivity contribution in [1.82, 2.24) is 5.48 Å². The minimum Gasteiger partial charge on any atom is -0.394 e. The highest BCUT2D eigenvalue weighted by Gasteiger charge is 2.43. The minimum atomic E-state index is -3.72. The zero-order valence-electron chi connectivity index (χ0n) is 17.7. The molecule has 2 aromatic rings. The highest BCUT2D eigenvalue weighted by molar-refractivity contribution is 7.92. The van der Waals surface area contributed by atoms with Gasteiger partial charge in [-0.2, -0.15) is 0 Å². The van der Waals surface area contributed by atoms with Gasteiger partial charge in [0.05, 0.1) is 12.7 Å². The van der Waals surface area contributed by atoms with E-state index in [2.05, 4.69) is 0 Å². The average Bonchev–Trinajstić information content (AvgIpc) is 2.76. The van der Waals surface area contributed by atoms with Crippen LogP contribution in [-0.4, -0.2) is 53.5 Å². The predicted molar refractivity (Wildman–Crippen MR) is 120 cm³/mol. The Labute approximate surface area is 182 Å². The van der Waals surface area contributed by atoms with Crippen LogP contribution in [0.5, 0.6) is 0 Å². The van der Waals surface area contributed by atoms with Crippen molar-refractivity contribution in [3.05, 3.63) is 65.7 Å². The summed E-state index contributed by atoms with van der Waals surface area (Å²) in [5.74, 6) is -0.938. The molecule has 0 saturated carbocycles. The van der Waals surface area contributed by atoms with E-state index in [-0.39, 0.29) is 13.0 Å². The van der Waals surface area contributed by atoms with E-state index in [0.29, 0.717) is 12.8 Å². The number of aliphatic hydroxyl groups excluding tert-OH is 2. The third kappa shape index (κ3) is 6.48.